The molecular formula is C21H29ClFN3O2. The molecule has 1 aliphatic heterocycles. The minimum absolute atomic E-state index is 0.0670. The van der Waals surface area contributed by atoms with Crippen molar-refractivity contribution in [3.8, 4) is 0 Å². The molecule has 1 aromatic rings. The van der Waals surface area contributed by atoms with Gasteiger partial charge < -0.3 is 10.2 Å². The Kier molecular flexibility index (Phi) is 5.74. The van der Waals surface area contributed by atoms with Crippen LogP contribution in [-0.4, -0.2) is 60.4 Å². The molecule has 0 radical (unpaired) electrons. The van der Waals surface area contributed by atoms with Gasteiger partial charge in [-0.2, -0.15) is 0 Å². The summed E-state index contributed by atoms with van der Waals surface area (Å²) in [7, 11) is 1.75. The van der Waals surface area contributed by atoms with E-state index in [2.05, 4.69) is 10.2 Å². The average Bonchev–Trinajstić information content (AvgIpc) is 2.46. The molecule has 0 atom stereocenters. The van der Waals surface area contributed by atoms with E-state index >= 15 is 0 Å². The summed E-state index contributed by atoms with van der Waals surface area (Å²) >= 11 is 5.85. The maximum atomic E-state index is 13.5. The summed E-state index contributed by atoms with van der Waals surface area (Å²) in [5.41, 5.74) is 0.379. The van der Waals surface area contributed by atoms with Crippen LogP contribution in [0.25, 0.3) is 0 Å². The second-order valence-electron chi connectivity index (χ2n) is 9.56. The van der Waals surface area contributed by atoms with Gasteiger partial charge in [0, 0.05) is 42.8 Å². The van der Waals surface area contributed by atoms with Gasteiger partial charge in [0.05, 0.1) is 6.54 Å². The number of carbonyl (C=O) groups is 2. The van der Waals surface area contributed by atoms with Gasteiger partial charge in [-0.15, -0.1) is 0 Å². The smallest absolute Gasteiger partial charge is 0.253 e. The van der Waals surface area contributed by atoms with Crippen molar-refractivity contribution in [1.29, 1.82) is 0 Å². The quantitative estimate of drug-likeness (QED) is 0.812. The van der Waals surface area contributed by atoms with Crippen molar-refractivity contribution in [2.75, 3.05) is 33.2 Å². The van der Waals surface area contributed by atoms with Gasteiger partial charge in [-0.05, 0) is 63.1 Å². The molecule has 2 aliphatic rings. The molecule has 3 rings (SSSR count). The van der Waals surface area contributed by atoms with Crippen LogP contribution < -0.4 is 5.32 Å². The Morgan fingerprint density at radius 1 is 1.29 bits per heavy atom. The predicted molar refractivity (Wildman–Crippen MR) is 108 cm³/mol. The minimum Gasteiger partial charge on any atom is -0.350 e. The largest absolute Gasteiger partial charge is 0.350 e. The molecule has 1 heterocycles. The first kappa shape index (κ1) is 21.1. The average molecular weight is 410 g/mol. The fourth-order valence-electron chi connectivity index (χ4n) is 4.60. The third-order valence-corrected chi connectivity index (χ3v) is 5.65. The van der Waals surface area contributed by atoms with Gasteiger partial charge in [0.15, 0.2) is 0 Å². The first-order valence-electron chi connectivity index (χ1n) is 9.70. The van der Waals surface area contributed by atoms with Gasteiger partial charge in [0.1, 0.15) is 5.82 Å². The second-order valence-corrected chi connectivity index (χ2v) is 10.00. The van der Waals surface area contributed by atoms with Gasteiger partial charge >= 0.3 is 0 Å². The summed E-state index contributed by atoms with van der Waals surface area (Å²) in [5, 5.41) is 3.22. The Bertz CT molecular complexity index is 743. The van der Waals surface area contributed by atoms with Crippen LogP contribution in [0.3, 0.4) is 0 Å². The van der Waals surface area contributed by atoms with Crippen molar-refractivity contribution < 1.29 is 14.0 Å². The molecule has 154 valence electrons. The van der Waals surface area contributed by atoms with E-state index in [1.165, 1.54) is 18.2 Å². The molecule has 28 heavy (non-hydrogen) atoms. The number of nitrogens with zero attached hydrogens (tertiary/aromatic N) is 2. The number of halogens is 2. The summed E-state index contributed by atoms with van der Waals surface area (Å²) in [6, 6.07) is 3.91. The first-order chi connectivity index (χ1) is 12.9. The van der Waals surface area contributed by atoms with Gasteiger partial charge in [0.25, 0.3) is 5.91 Å². The third-order valence-electron chi connectivity index (χ3n) is 5.43. The van der Waals surface area contributed by atoms with Crippen molar-refractivity contribution >= 4 is 23.4 Å². The number of likely N-dealkylation sites (tertiary alicyclic amines) is 1. The number of amides is 2. The van der Waals surface area contributed by atoms with E-state index in [0.717, 1.165) is 25.9 Å². The maximum absolute atomic E-state index is 13.5. The highest BCUT2D eigenvalue weighted by Gasteiger charge is 2.52. The molecule has 1 spiro atoms. The second kappa shape index (κ2) is 7.64. The van der Waals surface area contributed by atoms with Crippen LogP contribution in [0.1, 0.15) is 44.0 Å². The van der Waals surface area contributed by atoms with Gasteiger partial charge in [0.2, 0.25) is 5.91 Å². The first-order valence-corrected chi connectivity index (χ1v) is 10.1. The topological polar surface area (TPSA) is 52.6 Å². The molecule has 1 aliphatic carbocycles. The highest BCUT2D eigenvalue weighted by Crippen LogP contribution is 2.51. The fraction of sp³-hybridized carbons (Fsp3) is 0.619. The standard InChI is InChI=1S/C21H29ClFN3O2/c1-20(2,3)24-18(27)11-26-12-21(13-26)8-14(9-21)10-25(4)19(28)15-5-16(22)7-17(23)6-15/h5-7,14H,8-13H2,1-4H3,(H,24,27). The number of rotatable bonds is 5. The lowest BCUT2D eigenvalue weighted by molar-refractivity contribution is -0.134. The number of nitrogens with one attached hydrogen (secondary N) is 1. The molecule has 2 fully saturated rings. The zero-order valence-electron chi connectivity index (χ0n) is 17.0. The van der Waals surface area contributed by atoms with Crippen molar-refractivity contribution in [1.82, 2.24) is 15.1 Å². The number of carbonyl (C=O) groups excluding carboxylic acids is 2. The zero-order chi connectivity index (χ0) is 20.7. The van der Waals surface area contributed by atoms with E-state index in [1.807, 2.05) is 20.8 Å². The van der Waals surface area contributed by atoms with Crippen LogP contribution in [-0.2, 0) is 4.79 Å². The predicted octanol–water partition coefficient (Wildman–Crippen LogP) is 3.18. The summed E-state index contributed by atoms with van der Waals surface area (Å²) in [6.07, 6.45) is 2.12. The summed E-state index contributed by atoms with van der Waals surface area (Å²) in [6.45, 7) is 8.93. The lowest BCUT2D eigenvalue weighted by Crippen LogP contribution is -2.64. The van der Waals surface area contributed by atoms with Crippen LogP contribution in [0.5, 0.6) is 0 Å². The fourth-order valence-corrected chi connectivity index (χ4v) is 4.82. The lowest BCUT2D eigenvalue weighted by atomic mass is 9.57. The zero-order valence-corrected chi connectivity index (χ0v) is 17.8. The Labute approximate surface area is 171 Å². The van der Waals surface area contributed by atoms with Crippen LogP contribution in [0.4, 0.5) is 4.39 Å². The van der Waals surface area contributed by atoms with Crippen molar-refractivity contribution in [3.63, 3.8) is 0 Å². The molecule has 0 bridgehead atoms. The van der Waals surface area contributed by atoms with Gasteiger partial charge in [-0.25, -0.2) is 4.39 Å². The molecular weight excluding hydrogens is 381 g/mol. The van der Waals surface area contributed by atoms with Crippen LogP contribution in [0.2, 0.25) is 5.02 Å². The molecule has 1 aromatic carbocycles. The SMILES string of the molecule is CN(CC1CC2(C1)CN(CC(=O)NC(C)(C)C)C2)C(=O)c1cc(F)cc(Cl)c1. The Balaban J connectivity index is 1.41. The minimum atomic E-state index is -0.503. The van der Waals surface area contributed by atoms with Crippen molar-refractivity contribution in [2.45, 2.75) is 39.2 Å². The molecule has 1 saturated carbocycles. The number of hydrogen-bond acceptors (Lipinski definition) is 3. The summed E-state index contributed by atoms with van der Waals surface area (Å²) in [4.78, 5) is 28.3. The normalized spacial score (nSPS) is 19.1. The Morgan fingerprint density at radius 2 is 1.93 bits per heavy atom. The van der Waals surface area contributed by atoms with Crippen molar-refractivity contribution in [2.24, 2.45) is 11.3 Å². The number of benzene rings is 1. The summed E-state index contributed by atoms with van der Waals surface area (Å²) in [5.74, 6) is -0.200. The molecule has 0 aromatic heterocycles. The molecule has 0 unspecified atom stereocenters. The summed E-state index contributed by atoms with van der Waals surface area (Å²) < 4.78 is 13.5. The van der Waals surface area contributed by atoms with E-state index in [9.17, 15) is 14.0 Å². The lowest BCUT2D eigenvalue weighted by Gasteiger charge is -2.59. The molecule has 2 amide bonds. The molecule has 1 N–H and O–H groups in total. The van der Waals surface area contributed by atoms with E-state index in [-0.39, 0.29) is 27.9 Å². The third kappa shape index (κ3) is 5.03. The maximum Gasteiger partial charge on any atom is 0.253 e. The Hall–Kier alpha value is -1.66. The van der Waals surface area contributed by atoms with E-state index in [0.29, 0.717) is 24.4 Å². The van der Waals surface area contributed by atoms with Crippen LogP contribution in [0.15, 0.2) is 18.2 Å². The van der Waals surface area contributed by atoms with E-state index in [4.69, 9.17) is 11.6 Å². The van der Waals surface area contributed by atoms with Crippen molar-refractivity contribution in [3.05, 3.63) is 34.6 Å². The molecule has 7 heteroatoms. The molecule has 1 saturated heterocycles. The highest BCUT2D eigenvalue weighted by molar-refractivity contribution is 6.31. The van der Waals surface area contributed by atoms with Gasteiger partial charge in [-0.1, -0.05) is 11.6 Å². The molecule has 5 nitrogen and oxygen atoms in total. The van der Waals surface area contributed by atoms with E-state index in [1.54, 1.807) is 11.9 Å². The number of hydrogen-bond donors (Lipinski definition) is 1. The van der Waals surface area contributed by atoms with E-state index < -0.39 is 5.82 Å². The Morgan fingerprint density at radius 3 is 2.50 bits per heavy atom. The monoisotopic (exact) mass is 409 g/mol. The van der Waals surface area contributed by atoms with Crippen LogP contribution in [0, 0.1) is 17.2 Å². The van der Waals surface area contributed by atoms with Crippen LogP contribution >= 0.6 is 11.6 Å². The highest BCUT2D eigenvalue weighted by atomic mass is 35.5. The van der Waals surface area contributed by atoms with Gasteiger partial charge in [-0.3, -0.25) is 14.5 Å².